The average Bonchev–Trinajstić information content (AvgIpc) is 2.96. The van der Waals surface area contributed by atoms with E-state index >= 15 is 0 Å². The minimum absolute atomic E-state index is 0.471. The van der Waals surface area contributed by atoms with Crippen LogP contribution in [0, 0.1) is 0 Å². The Morgan fingerprint density at radius 3 is 1.36 bits per heavy atom. The van der Waals surface area contributed by atoms with E-state index in [1.54, 1.807) is 0 Å². The van der Waals surface area contributed by atoms with E-state index in [2.05, 4.69) is 159 Å². The van der Waals surface area contributed by atoms with Crippen molar-refractivity contribution in [3.63, 3.8) is 0 Å². The van der Waals surface area contributed by atoms with Crippen molar-refractivity contribution in [2.45, 2.75) is 37.5 Å². The van der Waals surface area contributed by atoms with E-state index in [-0.39, 0.29) is 0 Å². The van der Waals surface area contributed by atoms with Crippen molar-refractivity contribution in [3.8, 4) is 0 Å². The molecule has 182 valence electrons. The third kappa shape index (κ3) is 5.61. The smallest absolute Gasteiger partial charge is 0.103 e. The van der Waals surface area contributed by atoms with Gasteiger partial charge in [0.15, 0.2) is 0 Å². The summed E-state index contributed by atoms with van der Waals surface area (Å²) in [5.74, 6) is 0. The molecule has 0 aliphatic rings. The van der Waals surface area contributed by atoms with E-state index < -0.39 is 16.1 Å². The van der Waals surface area contributed by atoms with Crippen molar-refractivity contribution in [3.05, 3.63) is 146 Å². The van der Waals surface area contributed by atoms with Gasteiger partial charge in [0.2, 0.25) is 0 Å². The van der Waals surface area contributed by atoms with Crippen LogP contribution < -0.4 is 20.7 Å². The SMILES string of the molecule is C=CC(CC/C=C/C[Si](C)(c1ccccc1)c1ccccc1)[Si](C)(c1ccccc1)c1ccccc1. The largest absolute Gasteiger partial charge is 0.121 e. The molecule has 0 amide bonds. The summed E-state index contributed by atoms with van der Waals surface area (Å²) in [6.45, 7) is 9.33. The molecule has 0 heterocycles. The highest BCUT2D eigenvalue weighted by molar-refractivity contribution is 7.03. The van der Waals surface area contributed by atoms with Gasteiger partial charge in [0.1, 0.15) is 16.1 Å². The summed E-state index contributed by atoms with van der Waals surface area (Å²) < 4.78 is 0. The van der Waals surface area contributed by atoms with E-state index in [0.717, 1.165) is 18.9 Å². The number of rotatable bonds is 11. The molecule has 1 atom stereocenters. The van der Waals surface area contributed by atoms with Gasteiger partial charge in [-0.1, -0.05) is 173 Å². The van der Waals surface area contributed by atoms with Gasteiger partial charge in [0.05, 0.1) is 0 Å². The predicted octanol–water partition coefficient (Wildman–Crippen LogP) is 6.67. The van der Waals surface area contributed by atoms with Gasteiger partial charge in [0.25, 0.3) is 0 Å². The second kappa shape index (κ2) is 12.2. The monoisotopic (exact) mass is 502 g/mol. The van der Waals surface area contributed by atoms with Crippen molar-refractivity contribution in [2.24, 2.45) is 0 Å². The van der Waals surface area contributed by atoms with E-state index in [4.69, 9.17) is 0 Å². The highest BCUT2D eigenvalue weighted by Crippen LogP contribution is 2.28. The predicted molar refractivity (Wildman–Crippen MR) is 165 cm³/mol. The van der Waals surface area contributed by atoms with Crippen molar-refractivity contribution in [2.75, 3.05) is 0 Å². The minimum Gasteiger partial charge on any atom is -0.103 e. The Hall–Kier alpha value is -3.21. The lowest BCUT2D eigenvalue weighted by Gasteiger charge is -2.35. The molecular weight excluding hydrogens is 465 g/mol. The topological polar surface area (TPSA) is 0 Å². The second-order valence-corrected chi connectivity index (χ2v) is 18.6. The third-order valence-electron chi connectivity index (χ3n) is 7.93. The molecule has 0 N–H and O–H groups in total. The first-order valence-electron chi connectivity index (χ1n) is 13.1. The fourth-order valence-corrected chi connectivity index (χ4v) is 13.0. The number of allylic oxidation sites excluding steroid dienone is 3. The lowest BCUT2D eigenvalue weighted by Crippen LogP contribution is -2.58. The first kappa shape index (κ1) is 25.9. The molecule has 0 nitrogen and oxygen atoms in total. The van der Waals surface area contributed by atoms with Crippen LogP contribution >= 0.6 is 0 Å². The normalized spacial score (nSPS) is 12.9. The van der Waals surface area contributed by atoms with Gasteiger partial charge in [-0.05, 0) is 24.4 Å². The van der Waals surface area contributed by atoms with Crippen LogP contribution in [0.25, 0.3) is 0 Å². The highest BCUT2D eigenvalue weighted by Gasteiger charge is 2.38. The van der Waals surface area contributed by atoms with Crippen LogP contribution in [0.5, 0.6) is 0 Å². The first-order valence-corrected chi connectivity index (χ1v) is 18.4. The molecule has 4 aromatic rings. The Bertz CT molecular complexity index is 1150. The van der Waals surface area contributed by atoms with Crippen molar-refractivity contribution >= 4 is 36.9 Å². The Labute approximate surface area is 220 Å². The average molecular weight is 503 g/mol. The van der Waals surface area contributed by atoms with Crippen LogP contribution in [-0.4, -0.2) is 16.1 Å². The van der Waals surface area contributed by atoms with E-state index in [1.807, 2.05) is 0 Å². The molecular formula is C34H38Si2. The Kier molecular flexibility index (Phi) is 8.74. The van der Waals surface area contributed by atoms with Gasteiger partial charge in [0, 0.05) is 0 Å². The molecule has 0 aliphatic carbocycles. The quantitative estimate of drug-likeness (QED) is 0.159. The lowest BCUT2D eigenvalue weighted by atomic mass is 10.2. The molecule has 1 unspecified atom stereocenters. The minimum atomic E-state index is -1.98. The van der Waals surface area contributed by atoms with Gasteiger partial charge in [-0.25, -0.2) is 0 Å². The van der Waals surface area contributed by atoms with Gasteiger partial charge >= 0.3 is 0 Å². The Morgan fingerprint density at radius 2 is 0.972 bits per heavy atom. The van der Waals surface area contributed by atoms with Crippen molar-refractivity contribution in [1.82, 2.24) is 0 Å². The molecule has 36 heavy (non-hydrogen) atoms. The number of hydrogen-bond acceptors (Lipinski definition) is 0. The maximum Gasteiger partial charge on any atom is 0.121 e. The van der Waals surface area contributed by atoms with E-state index in [0.29, 0.717) is 5.54 Å². The third-order valence-corrected chi connectivity index (χ3v) is 17.3. The van der Waals surface area contributed by atoms with Crippen LogP contribution in [0.4, 0.5) is 0 Å². The fourth-order valence-electron chi connectivity index (χ4n) is 5.53. The molecule has 0 spiro atoms. The maximum absolute atomic E-state index is 4.31. The second-order valence-electron chi connectivity index (χ2n) is 10.1. The molecule has 0 saturated carbocycles. The lowest BCUT2D eigenvalue weighted by molar-refractivity contribution is 0.845. The molecule has 0 aliphatic heterocycles. The summed E-state index contributed by atoms with van der Waals surface area (Å²) in [6, 6.07) is 45.6. The van der Waals surface area contributed by atoms with E-state index in [9.17, 15) is 0 Å². The Balaban J connectivity index is 1.53. The molecule has 0 radical (unpaired) electrons. The van der Waals surface area contributed by atoms with Crippen LogP contribution in [0.1, 0.15) is 12.8 Å². The van der Waals surface area contributed by atoms with E-state index in [1.165, 1.54) is 20.7 Å². The molecule has 4 rings (SSSR count). The van der Waals surface area contributed by atoms with Crippen LogP contribution in [0.2, 0.25) is 24.7 Å². The molecule has 2 heteroatoms. The summed E-state index contributed by atoms with van der Waals surface area (Å²) in [6.07, 6.45) is 9.32. The highest BCUT2D eigenvalue weighted by atomic mass is 28.3. The Morgan fingerprint density at radius 1 is 0.583 bits per heavy atom. The van der Waals surface area contributed by atoms with Crippen LogP contribution in [-0.2, 0) is 0 Å². The zero-order valence-electron chi connectivity index (χ0n) is 21.7. The summed E-state index contributed by atoms with van der Waals surface area (Å²) in [5.41, 5.74) is 0.471. The summed E-state index contributed by atoms with van der Waals surface area (Å²) in [5, 5.41) is 5.97. The zero-order chi connectivity index (χ0) is 25.3. The first-order chi connectivity index (χ1) is 17.6. The maximum atomic E-state index is 4.31. The fraction of sp³-hybridized carbons (Fsp3) is 0.176. The summed E-state index contributed by atoms with van der Waals surface area (Å²) in [4.78, 5) is 0. The van der Waals surface area contributed by atoms with Gasteiger partial charge < -0.3 is 0 Å². The van der Waals surface area contributed by atoms with Gasteiger partial charge in [-0.3, -0.25) is 0 Å². The van der Waals surface area contributed by atoms with Crippen LogP contribution in [0.3, 0.4) is 0 Å². The van der Waals surface area contributed by atoms with Gasteiger partial charge in [-0.2, -0.15) is 0 Å². The zero-order valence-corrected chi connectivity index (χ0v) is 23.7. The summed E-state index contributed by atoms with van der Waals surface area (Å²) >= 11 is 0. The van der Waals surface area contributed by atoms with Gasteiger partial charge in [-0.15, -0.1) is 6.58 Å². The van der Waals surface area contributed by atoms with Crippen molar-refractivity contribution in [1.29, 1.82) is 0 Å². The molecule has 0 fully saturated rings. The standard InChI is InChI=1S/C34H38Si2/c1-4-30(36(3,33-25-14-7-15-26-33)34-27-16-8-17-28-34)20-18-9-19-29-35(2,31-21-10-5-11-22-31)32-23-12-6-13-24-32/h4-17,19,21-28,30H,1,18,20,29H2,2-3H3/b19-9+. The summed E-state index contributed by atoms with van der Waals surface area (Å²) in [7, 11) is -3.80. The molecule has 4 aromatic carbocycles. The van der Waals surface area contributed by atoms with Crippen LogP contribution in [0.15, 0.2) is 146 Å². The molecule has 0 bridgehead atoms. The molecule has 0 saturated heterocycles. The van der Waals surface area contributed by atoms with Crippen molar-refractivity contribution < 1.29 is 0 Å². The molecule has 0 aromatic heterocycles. The number of benzene rings is 4. The number of hydrogen-bond donors (Lipinski definition) is 0.